The number of thioether (sulfide) groups is 1. The van der Waals surface area contributed by atoms with E-state index in [1.165, 1.54) is 18.9 Å². The molecular formula is C12H16N2O3S. The van der Waals surface area contributed by atoms with E-state index < -0.39 is 5.97 Å². The summed E-state index contributed by atoms with van der Waals surface area (Å²) in [5.41, 5.74) is -0.321. The molecule has 0 aromatic carbocycles. The van der Waals surface area contributed by atoms with Crippen LogP contribution in [0.2, 0.25) is 0 Å². The average molecular weight is 268 g/mol. The molecule has 0 radical (unpaired) electrons. The molecule has 1 saturated carbocycles. The highest BCUT2D eigenvalue weighted by atomic mass is 32.2. The summed E-state index contributed by atoms with van der Waals surface area (Å²) < 4.78 is 1.89. The van der Waals surface area contributed by atoms with Crippen LogP contribution in [0.3, 0.4) is 0 Å². The summed E-state index contributed by atoms with van der Waals surface area (Å²) in [6.45, 7) is 2.97. The first-order valence-electron chi connectivity index (χ1n) is 5.98. The molecule has 1 aromatic rings. The zero-order valence-corrected chi connectivity index (χ0v) is 11.0. The molecule has 1 N–H and O–H groups in total. The van der Waals surface area contributed by atoms with Crippen LogP contribution in [0.15, 0.2) is 22.2 Å². The van der Waals surface area contributed by atoms with Crippen molar-refractivity contribution in [3.05, 3.63) is 22.6 Å². The topological polar surface area (TPSA) is 72.2 Å². The smallest absolute Gasteiger partial charge is 0.313 e. The molecule has 1 fully saturated rings. The SMILES string of the molecule is CC(Cn1ccc(=O)nc1SCC(=O)O)C1CC1. The van der Waals surface area contributed by atoms with Gasteiger partial charge in [0.2, 0.25) is 0 Å². The van der Waals surface area contributed by atoms with Gasteiger partial charge >= 0.3 is 5.97 Å². The van der Waals surface area contributed by atoms with Crippen molar-refractivity contribution in [2.45, 2.75) is 31.5 Å². The first kappa shape index (κ1) is 13.1. The van der Waals surface area contributed by atoms with E-state index in [0.717, 1.165) is 24.2 Å². The number of hydrogen-bond acceptors (Lipinski definition) is 4. The maximum Gasteiger partial charge on any atom is 0.313 e. The van der Waals surface area contributed by atoms with Gasteiger partial charge in [0.15, 0.2) is 5.16 Å². The summed E-state index contributed by atoms with van der Waals surface area (Å²) in [5.74, 6) is 0.328. The fraction of sp³-hybridized carbons (Fsp3) is 0.583. The Morgan fingerprint density at radius 1 is 1.67 bits per heavy atom. The molecule has 1 heterocycles. The second-order valence-corrected chi connectivity index (χ2v) is 5.64. The van der Waals surface area contributed by atoms with Crippen LogP contribution in [0.25, 0.3) is 0 Å². The van der Waals surface area contributed by atoms with Crippen LogP contribution in [0.5, 0.6) is 0 Å². The molecule has 1 aliphatic carbocycles. The molecule has 18 heavy (non-hydrogen) atoms. The zero-order valence-electron chi connectivity index (χ0n) is 10.2. The summed E-state index contributed by atoms with van der Waals surface area (Å²) in [6, 6.07) is 1.42. The van der Waals surface area contributed by atoms with E-state index in [1.807, 2.05) is 4.57 Å². The van der Waals surface area contributed by atoms with Gasteiger partial charge in [0.05, 0.1) is 5.75 Å². The summed E-state index contributed by atoms with van der Waals surface area (Å²) in [4.78, 5) is 25.7. The van der Waals surface area contributed by atoms with Gasteiger partial charge in [-0.1, -0.05) is 18.7 Å². The Bertz CT molecular complexity index is 496. The average Bonchev–Trinajstić information content (AvgIpc) is 3.13. The highest BCUT2D eigenvalue weighted by molar-refractivity contribution is 7.99. The molecule has 0 bridgehead atoms. The maximum absolute atomic E-state index is 11.2. The molecule has 6 heteroatoms. The van der Waals surface area contributed by atoms with Gasteiger partial charge in [0.1, 0.15) is 0 Å². The molecule has 0 spiro atoms. The number of hydrogen-bond donors (Lipinski definition) is 1. The lowest BCUT2D eigenvalue weighted by Gasteiger charge is -2.15. The predicted molar refractivity (Wildman–Crippen MR) is 68.7 cm³/mol. The number of nitrogens with zero attached hydrogens (tertiary/aromatic N) is 2. The monoisotopic (exact) mass is 268 g/mol. The van der Waals surface area contributed by atoms with E-state index in [9.17, 15) is 9.59 Å². The van der Waals surface area contributed by atoms with E-state index in [4.69, 9.17) is 5.11 Å². The van der Waals surface area contributed by atoms with Crippen molar-refractivity contribution in [2.75, 3.05) is 5.75 Å². The Morgan fingerprint density at radius 3 is 3.00 bits per heavy atom. The molecule has 1 unspecified atom stereocenters. The number of carboxylic acids is 1. The maximum atomic E-state index is 11.2. The van der Waals surface area contributed by atoms with E-state index >= 15 is 0 Å². The van der Waals surface area contributed by atoms with Crippen molar-refractivity contribution in [3.8, 4) is 0 Å². The highest BCUT2D eigenvalue weighted by Gasteiger charge is 2.28. The molecule has 0 amide bonds. The predicted octanol–water partition coefficient (Wildman–Crippen LogP) is 1.47. The standard InChI is InChI=1S/C12H16N2O3S/c1-8(9-2-3-9)6-14-5-4-10(15)13-12(14)18-7-11(16)17/h4-5,8-9H,2-3,6-7H2,1H3,(H,16,17). The second kappa shape index (κ2) is 5.56. The quantitative estimate of drug-likeness (QED) is 0.624. The van der Waals surface area contributed by atoms with Gasteiger partial charge in [-0.05, 0) is 24.7 Å². The van der Waals surface area contributed by atoms with Crippen LogP contribution in [0.1, 0.15) is 19.8 Å². The zero-order chi connectivity index (χ0) is 13.1. The number of aromatic nitrogens is 2. The van der Waals surface area contributed by atoms with Crippen LogP contribution in [-0.2, 0) is 11.3 Å². The minimum atomic E-state index is -0.903. The summed E-state index contributed by atoms with van der Waals surface area (Å²) >= 11 is 1.10. The lowest BCUT2D eigenvalue weighted by atomic mass is 10.1. The fourth-order valence-corrected chi connectivity index (χ4v) is 2.63. The lowest BCUT2D eigenvalue weighted by molar-refractivity contribution is -0.133. The van der Waals surface area contributed by atoms with E-state index in [-0.39, 0.29) is 11.3 Å². The van der Waals surface area contributed by atoms with E-state index in [2.05, 4.69) is 11.9 Å². The van der Waals surface area contributed by atoms with Crippen LogP contribution < -0.4 is 5.56 Å². The van der Waals surface area contributed by atoms with Crippen molar-refractivity contribution in [1.82, 2.24) is 9.55 Å². The number of aliphatic carboxylic acids is 1. The van der Waals surface area contributed by atoms with Crippen LogP contribution >= 0.6 is 11.8 Å². The molecule has 1 aliphatic rings. The van der Waals surface area contributed by atoms with Crippen molar-refractivity contribution in [1.29, 1.82) is 0 Å². The molecule has 1 aromatic heterocycles. The second-order valence-electron chi connectivity index (χ2n) is 4.70. The Hall–Kier alpha value is -1.30. The number of carbonyl (C=O) groups is 1. The molecule has 98 valence electrons. The molecule has 1 atom stereocenters. The lowest BCUT2D eigenvalue weighted by Crippen LogP contribution is -2.18. The largest absolute Gasteiger partial charge is 0.481 e. The molecular weight excluding hydrogens is 252 g/mol. The highest BCUT2D eigenvalue weighted by Crippen LogP contribution is 2.37. The first-order valence-corrected chi connectivity index (χ1v) is 6.97. The minimum Gasteiger partial charge on any atom is -0.481 e. The minimum absolute atomic E-state index is 0.0751. The Labute approximate surface area is 109 Å². The normalized spacial score (nSPS) is 16.5. The molecule has 0 saturated heterocycles. The molecule has 2 rings (SSSR count). The van der Waals surface area contributed by atoms with Gasteiger partial charge in [-0.25, -0.2) is 0 Å². The molecule has 5 nitrogen and oxygen atoms in total. The number of rotatable bonds is 6. The Balaban J connectivity index is 2.11. The van der Waals surface area contributed by atoms with Gasteiger partial charge in [-0.3, -0.25) is 9.59 Å². The van der Waals surface area contributed by atoms with Gasteiger partial charge in [-0.2, -0.15) is 4.98 Å². The van der Waals surface area contributed by atoms with Crippen molar-refractivity contribution in [3.63, 3.8) is 0 Å². The van der Waals surface area contributed by atoms with Crippen molar-refractivity contribution >= 4 is 17.7 Å². The third-order valence-corrected chi connectivity index (χ3v) is 4.06. The summed E-state index contributed by atoms with van der Waals surface area (Å²) in [6.07, 6.45) is 4.25. The van der Waals surface area contributed by atoms with Gasteiger partial charge in [0.25, 0.3) is 5.56 Å². The third kappa shape index (κ3) is 3.60. The van der Waals surface area contributed by atoms with Gasteiger partial charge < -0.3 is 9.67 Å². The van der Waals surface area contributed by atoms with Gasteiger partial charge in [0, 0.05) is 18.8 Å². The van der Waals surface area contributed by atoms with Crippen LogP contribution in [0.4, 0.5) is 0 Å². The van der Waals surface area contributed by atoms with Gasteiger partial charge in [-0.15, -0.1) is 0 Å². The summed E-state index contributed by atoms with van der Waals surface area (Å²) in [5, 5.41) is 9.18. The van der Waals surface area contributed by atoms with E-state index in [1.54, 1.807) is 6.20 Å². The Kier molecular flexibility index (Phi) is 4.06. The van der Waals surface area contributed by atoms with E-state index in [0.29, 0.717) is 11.1 Å². The van der Waals surface area contributed by atoms with Crippen molar-refractivity contribution < 1.29 is 9.90 Å². The Morgan fingerprint density at radius 2 is 2.39 bits per heavy atom. The third-order valence-electron chi connectivity index (χ3n) is 3.08. The van der Waals surface area contributed by atoms with Crippen LogP contribution in [0, 0.1) is 11.8 Å². The molecule has 0 aliphatic heterocycles. The van der Waals surface area contributed by atoms with Crippen LogP contribution in [-0.4, -0.2) is 26.4 Å². The van der Waals surface area contributed by atoms with Crippen molar-refractivity contribution in [2.24, 2.45) is 11.8 Å². The number of carboxylic acid groups (broad SMARTS) is 1. The summed E-state index contributed by atoms with van der Waals surface area (Å²) in [7, 11) is 0. The first-order chi connectivity index (χ1) is 8.56. The fourth-order valence-electron chi connectivity index (χ4n) is 1.92.